The molecule has 0 unspecified atom stereocenters. The van der Waals surface area contributed by atoms with Crippen molar-refractivity contribution in [2.24, 2.45) is 0 Å². The van der Waals surface area contributed by atoms with Gasteiger partial charge in [0.05, 0.1) is 24.0 Å². The fraction of sp³-hybridized carbons (Fsp3) is 0.105. The highest BCUT2D eigenvalue weighted by molar-refractivity contribution is 5.95. The fourth-order valence-electron chi connectivity index (χ4n) is 2.47. The average molecular weight is 350 g/mol. The van der Waals surface area contributed by atoms with E-state index in [1.807, 2.05) is 25.1 Å². The minimum Gasteiger partial charge on any atom is -0.495 e. The number of nitrogens with zero attached hydrogens (tertiary/aromatic N) is 2. The molecule has 2 aromatic carbocycles. The van der Waals surface area contributed by atoms with Crippen LogP contribution in [0.5, 0.6) is 5.75 Å². The van der Waals surface area contributed by atoms with Gasteiger partial charge in [0.15, 0.2) is 0 Å². The first-order valence-corrected chi connectivity index (χ1v) is 7.90. The summed E-state index contributed by atoms with van der Waals surface area (Å²) in [6.45, 7) is 1.99. The van der Waals surface area contributed by atoms with Crippen LogP contribution in [0.3, 0.4) is 0 Å². The molecule has 0 bridgehead atoms. The van der Waals surface area contributed by atoms with Gasteiger partial charge in [0.25, 0.3) is 0 Å². The van der Waals surface area contributed by atoms with Crippen LogP contribution in [0.4, 0.5) is 23.0 Å². The summed E-state index contributed by atoms with van der Waals surface area (Å²) in [5.74, 6) is 0.715. The highest BCUT2D eigenvalue weighted by Gasteiger charge is 2.10. The molecule has 3 N–H and O–H groups in total. The molecule has 132 valence electrons. The molecule has 0 saturated heterocycles. The molecule has 3 rings (SSSR count). The molecule has 1 aromatic heterocycles. The number of aromatic carboxylic acids is 1. The summed E-state index contributed by atoms with van der Waals surface area (Å²) in [5, 5.41) is 15.5. The van der Waals surface area contributed by atoms with E-state index in [0.29, 0.717) is 23.1 Å². The second-order valence-corrected chi connectivity index (χ2v) is 5.59. The monoisotopic (exact) mass is 350 g/mol. The predicted octanol–water partition coefficient (Wildman–Crippen LogP) is 3.98. The van der Waals surface area contributed by atoms with E-state index in [0.717, 1.165) is 11.3 Å². The maximum absolute atomic E-state index is 11.3. The number of carbonyl (C=O) groups is 1. The van der Waals surface area contributed by atoms with E-state index in [2.05, 4.69) is 20.6 Å². The molecule has 0 atom stereocenters. The summed E-state index contributed by atoms with van der Waals surface area (Å²) in [5.41, 5.74) is 2.48. The van der Waals surface area contributed by atoms with Gasteiger partial charge in [0.2, 0.25) is 0 Å². The van der Waals surface area contributed by atoms with Crippen LogP contribution in [0.25, 0.3) is 0 Å². The normalized spacial score (nSPS) is 10.2. The number of hydrogen-bond acceptors (Lipinski definition) is 6. The van der Waals surface area contributed by atoms with E-state index in [4.69, 9.17) is 4.74 Å². The van der Waals surface area contributed by atoms with Gasteiger partial charge in [-0.3, -0.25) is 0 Å². The van der Waals surface area contributed by atoms with Crippen molar-refractivity contribution in [3.05, 3.63) is 66.0 Å². The summed E-state index contributed by atoms with van der Waals surface area (Å²) >= 11 is 0. The summed E-state index contributed by atoms with van der Waals surface area (Å²) < 4.78 is 5.35. The molecule has 0 aliphatic rings. The standard InChI is InChI=1S/C19H18N4O3/c1-12-7-8-16(26-2)15(9-12)23-18-10-17(20-11-21-18)22-14-6-4-3-5-13(14)19(24)25/h3-11H,1-2H3,(H,24,25)(H2,20,21,22,23). The maximum Gasteiger partial charge on any atom is 0.337 e. The highest BCUT2D eigenvalue weighted by atomic mass is 16.5. The third-order valence-corrected chi connectivity index (χ3v) is 3.71. The number of rotatable bonds is 6. The first-order valence-electron chi connectivity index (χ1n) is 7.90. The van der Waals surface area contributed by atoms with Crippen molar-refractivity contribution in [2.75, 3.05) is 17.7 Å². The molecule has 26 heavy (non-hydrogen) atoms. The third-order valence-electron chi connectivity index (χ3n) is 3.71. The minimum atomic E-state index is -1.01. The Hall–Kier alpha value is -3.61. The molecule has 0 fully saturated rings. The number of carboxylic acids is 1. The number of hydrogen-bond donors (Lipinski definition) is 3. The number of aromatic nitrogens is 2. The van der Waals surface area contributed by atoms with Crippen LogP contribution in [0.1, 0.15) is 15.9 Å². The number of anilines is 4. The van der Waals surface area contributed by atoms with Gasteiger partial charge in [-0.25, -0.2) is 14.8 Å². The van der Waals surface area contributed by atoms with E-state index in [9.17, 15) is 9.90 Å². The SMILES string of the molecule is COc1ccc(C)cc1Nc1cc(Nc2ccccc2C(=O)O)ncn1. The lowest BCUT2D eigenvalue weighted by Gasteiger charge is -2.13. The van der Waals surface area contributed by atoms with Gasteiger partial charge in [-0.15, -0.1) is 0 Å². The molecular weight excluding hydrogens is 332 g/mol. The predicted molar refractivity (Wildman–Crippen MR) is 99.7 cm³/mol. The van der Waals surface area contributed by atoms with Crippen LogP contribution < -0.4 is 15.4 Å². The quantitative estimate of drug-likeness (QED) is 0.619. The summed E-state index contributed by atoms with van der Waals surface area (Å²) in [6.07, 6.45) is 1.40. The van der Waals surface area contributed by atoms with Crippen molar-refractivity contribution < 1.29 is 14.6 Å². The fourth-order valence-corrected chi connectivity index (χ4v) is 2.47. The van der Waals surface area contributed by atoms with Crippen LogP contribution >= 0.6 is 0 Å². The zero-order valence-electron chi connectivity index (χ0n) is 14.4. The molecule has 0 aliphatic heterocycles. The lowest BCUT2D eigenvalue weighted by Crippen LogP contribution is -2.04. The van der Waals surface area contributed by atoms with Gasteiger partial charge >= 0.3 is 5.97 Å². The molecule has 7 heteroatoms. The first-order chi connectivity index (χ1) is 12.6. The van der Waals surface area contributed by atoms with E-state index in [-0.39, 0.29) is 5.56 Å². The second kappa shape index (κ2) is 7.52. The topological polar surface area (TPSA) is 96.4 Å². The molecule has 1 heterocycles. The number of para-hydroxylation sites is 1. The molecule has 0 radical (unpaired) electrons. The average Bonchev–Trinajstić information content (AvgIpc) is 2.62. The van der Waals surface area contributed by atoms with E-state index >= 15 is 0 Å². The van der Waals surface area contributed by atoms with Crippen molar-refractivity contribution in [1.82, 2.24) is 9.97 Å². The smallest absolute Gasteiger partial charge is 0.337 e. The Morgan fingerprint density at radius 3 is 2.38 bits per heavy atom. The molecule has 7 nitrogen and oxygen atoms in total. The third kappa shape index (κ3) is 3.89. The number of nitrogens with one attached hydrogen (secondary N) is 2. The van der Waals surface area contributed by atoms with Gasteiger partial charge in [-0.1, -0.05) is 18.2 Å². The van der Waals surface area contributed by atoms with Crippen LogP contribution in [0.2, 0.25) is 0 Å². The summed E-state index contributed by atoms with van der Waals surface area (Å²) in [4.78, 5) is 19.7. The number of methoxy groups -OCH3 is 1. The number of aryl methyl sites for hydroxylation is 1. The van der Waals surface area contributed by atoms with Crippen molar-refractivity contribution in [2.45, 2.75) is 6.92 Å². The Bertz CT molecular complexity index is 944. The Labute approximate surface area is 150 Å². The van der Waals surface area contributed by atoms with Crippen LogP contribution in [0, 0.1) is 6.92 Å². The molecule has 0 saturated carbocycles. The highest BCUT2D eigenvalue weighted by Crippen LogP contribution is 2.28. The van der Waals surface area contributed by atoms with Crippen LogP contribution in [-0.4, -0.2) is 28.2 Å². The van der Waals surface area contributed by atoms with Gasteiger partial charge in [-0.2, -0.15) is 0 Å². The van der Waals surface area contributed by atoms with E-state index < -0.39 is 5.97 Å². The van der Waals surface area contributed by atoms with E-state index in [1.54, 1.807) is 31.4 Å². The number of carboxylic acid groups (broad SMARTS) is 1. The maximum atomic E-state index is 11.3. The lowest BCUT2D eigenvalue weighted by molar-refractivity contribution is 0.0698. The van der Waals surface area contributed by atoms with Crippen LogP contribution in [-0.2, 0) is 0 Å². The summed E-state index contributed by atoms with van der Waals surface area (Å²) in [7, 11) is 1.60. The number of benzene rings is 2. The Kier molecular flexibility index (Phi) is 4.98. The van der Waals surface area contributed by atoms with Gasteiger partial charge in [-0.05, 0) is 36.8 Å². The minimum absolute atomic E-state index is 0.168. The molecular formula is C19H18N4O3. The zero-order chi connectivity index (χ0) is 18.5. The molecule has 0 spiro atoms. The van der Waals surface area contributed by atoms with Gasteiger partial charge in [0, 0.05) is 6.07 Å². The Morgan fingerprint density at radius 1 is 1.00 bits per heavy atom. The zero-order valence-corrected chi connectivity index (χ0v) is 14.4. The Morgan fingerprint density at radius 2 is 1.69 bits per heavy atom. The lowest BCUT2D eigenvalue weighted by atomic mass is 10.2. The van der Waals surface area contributed by atoms with E-state index in [1.165, 1.54) is 12.4 Å². The van der Waals surface area contributed by atoms with Crippen molar-refractivity contribution in [3.63, 3.8) is 0 Å². The molecule has 3 aromatic rings. The molecule has 0 aliphatic carbocycles. The first kappa shape index (κ1) is 17.2. The van der Waals surface area contributed by atoms with Crippen LogP contribution in [0.15, 0.2) is 54.9 Å². The Balaban J connectivity index is 1.86. The largest absolute Gasteiger partial charge is 0.495 e. The van der Waals surface area contributed by atoms with Gasteiger partial charge in [0.1, 0.15) is 23.7 Å². The molecule has 0 amide bonds. The van der Waals surface area contributed by atoms with Gasteiger partial charge < -0.3 is 20.5 Å². The summed E-state index contributed by atoms with van der Waals surface area (Å²) in [6, 6.07) is 14.1. The number of ether oxygens (including phenoxy) is 1. The van der Waals surface area contributed by atoms with Crippen molar-refractivity contribution >= 4 is 29.0 Å². The van der Waals surface area contributed by atoms with Crippen molar-refractivity contribution in [1.29, 1.82) is 0 Å². The van der Waals surface area contributed by atoms with Crippen molar-refractivity contribution in [3.8, 4) is 5.75 Å². The second-order valence-electron chi connectivity index (χ2n) is 5.59.